The fourth-order valence-corrected chi connectivity index (χ4v) is 2.81. The highest BCUT2D eigenvalue weighted by atomic mass is 32.1. The minimum atomic E-state index is 1.18. The molecule has 2 rings (SSSR count). The Labute approximate surface area is 167 Å². The lowest BCUT2D eigenvalue weighted by molar-refractivity contribution is 0.795. The van der Waals surface area contributed by atoms with Crippen LogP contribution in [0.2, 0.25) is 0 Å². The molecule has 0 nitrogen and oxygen atoms in total. The van der Waals surface area contributed by atoms with Crippen molar-refractivity contribution in [2.24, 2.45) is 0 Å². The van der Waals surface area contributed by atoms with Gasteiger partial charge in [0.1, 0.15) is 0 Å². The van der Waals surface area contributed by atoms with Crippen molar-refractivity contribution in [3.8, 4) is 11.1 Å². The molecule has 0 radical (unpaired) electrons. The van der Waals surface area contributed by atoms with E-state index in [9.17, 15) is 0 Å². The average molecular weight is 373 g/mol. The second kappa shape index (κ2) is 19.7. The van der Waals surface area contributed by atoms with Gasteiger partial charge in [-0.1, -0.05) is 76.5 Å². The Morgan fingerprint density at radius 1 is 1.08 bits per heavy atom. The summed E-state index contributed by atoms with van der Waals surface area (Å²) in [5, 5.41) is 4.34. The minimum absolute atomic E-state index is 1.18. The van der Waals surface area contributed by atoms with Gasteiger partial charge in [0, 0.05) is 0 Å². The van der Waals surface area contributed by atoms with Gasteiger partial charge in [-0.2, -0.15) is 11.3 Å². The first-order valence-electron chi connectivity index (χ1n) is 9.91. The lowest BCUT2D eigenvalue weighted by atomic mass is 10.0. The molecule has 0 unspecified atom stereocenters. The van der Waals surface area contributed by atoms with E-state index in [1.54, 1.807) is 17.4 Å². The van der Waals surface area contributed by atoms with E-state index in [1.165, 1.54) is 54.4 Å². The monoisotopic (exact) mass is 372 g/mol. The summed E-state index contributed by atoms with van der Waals surface area (Å²) in [7, 11) is 0. The molecule has 1 heteroatoms. The van der Waals surface area contributed by atoms with Crippen LogP contribution in [0.4, 0.5) is 0 Å². The normalized spacial score (nSPS) is 8.69. The summed E-state index contributed by atoms with van der Waals surface area (Å²) >= 11 is 1.76. The predicted octanol–water partition coefficient (Wildman–Crippen LogP) is 9.34. The highest BCUT2D eigenvalue weighted by Gasteiger charge is 1.99. The third-order valence-electron chi connectivity index (χ3n) is 3.28. The van der Waals surface area contributed by atoms with Gasteiger partial charge in [0.15, 0.2) is 0 Å². The summed E-state index contributed by atoms with van der Waals surface area (Å²) in [6.45, 7) is 19.5. The molecule has 0 fully saturated rings. The maximum absolute atomic E-state index is 3.74. The van der Waals surface area contributed by atoms with Gasteiger partial charge < -0.3 is 0 Å². The van der Waals surface area contributed by atoms with Gasteiger partial charge in [0.05, 0.1) is 0 Å². The fraction of sp³-hybridized carbons (Fsp3) is 0.440. The molecule has 26 heavy (non-hydrogen) atoms. The van der Waals surface area contributed by atoms with Crippen molar-refractivity contribution in [3.63, 3.8) is 0 Å². The SMILES string of the molecule is C=C(C)CCC.C=CC.CC.CCCCc1cccc(-c2ccsc2)c1. The molecule has 0 aliphatic carbocycles. The smallest absolute Gasteiger partial charge is 0.00147 e. The number of hydrogen-bond donors (Lipinski definition) is 0. The van der Waals surface area contributed by atoms with Crippen LogP contribution in [0.15, 0.2) is 65.9 Å². The first-order chi connectivity index (χ1) is 12.6. The van der Waals surface area contributed by atoms with Gasteiger partial charge in [-0.25, -0.2) is 0 Å². The summed E-state index contributed by atoms with van der Waals surface area (Å²) in [6, 6.07) is 11.1. The summed E-state index contributed by atoms with van der Waals surface area (Å²) in [4.78, 5) is 0. The summed E-state index contributed by atoms with van der Waals surface area (Å²) < 4.78 is 0. The molecule has 0 amide bonds. The summed E-state index contributed by atoms with van der Waals surface area (Å²) in [5.41, 5.74) is 5.45. The zero-order valence-electron chi connectivity index (χ0n) is 18.0. The molecule has 1 aromatic carbocycles. The van der Waals surface area contributed by atoms with Crippen LogP contribution >= 0.6 is 11.3 Å². The Morgan fingerprint density at radius 3 is 2.15 bits per heavy atom. The second-order valence-corrected chi connectivity index (χ2v) is 6.71. The van der Waals surface area contributed by atoms with Gasteiger partial charge in [-0.05, 0) is 66.6 Å². The van der Waals surface area contributed by atoms with Gasteiger partial charge in [0.25, 0.3) is 0 Å². The molecule has 0 spiro atoms. The van der Waals surface area contributed by atoms with Crippen LogP contribution in [-0.2, 0) is 6.42 Å². The van der Waals surface area contributed by atoms with Crippen molar-refractivity contribution in [2.45, 2.75) is 73.6 Å². The Kier molecular flexibility index (Phi) is 20.2. The molecule has 0 atom stereocenters. The molecule has 0 saturated heterocycles. The molecule has 1 aromatic heterocycles. The predicted molar refractivity (Wildman–Crippen MR) is 125 cm³/mol. The number of benzene rings is 1. The Bertz CT molecular complexity index is 549. The van der Waals surface area contributed by atoms with Gasteiger partial charge in [-0.3, -0.25) is 0 Å². The van der Waals surface area contributed by atoms with Crippen molar-refractivity contribution in [1.82, 2.24) is 0 Å². The van der Waals surface area contributed by atoms with E-state index in [0.29, 0.717) is 0 Å². The van der Waals surface area contributed by atoms with Crippen molar-refractivity contribution in [2.75, 3.05) is 0 Å². The molecule has 1 heterocycles. The van der Waals surface area contributed by atoms with Gasteiger partial charge >= 0.3 is 0 Å². The first-order valence-corrected chi connectivity index (χ1v) is 10.9. The standard InChI is InChI=1S/C14H16S.C6H12.C3H6.C2H6/c1-2-3-5-12-6-4-7-13(10-12)14-8-9-15-11-14;1-4-5-6(2)3;1-3-2;1-2/h4,6-11H,2-3,5H2,1H3;2,4-5H2,1,3H3;3H,1H2,2H3;1-2H3. The molecular weight excluding hydrogens is 332 g/mol. The highest BCUT2D eigenvalue weighted by molar-refractivity contribution is 7.08. The number of hydrogen-bond acceptors (Lipinski definition) is 1. The summed E-state index contributed by atoms with van der Waals surface area (Å²) in [6.07, 6.45) is 7.92. The number of thiophene rings is 1. The van der Waals surface area contributed by atoms with Gasteiger partial charge in [-0.15, -0.1) is 13.2 Å². The third-order valence-corrected chi connectivity index (χ3v) is 3.96. The Morgan fingerprint density at radius 2 is 1.73 bits per heavy atom. The zero-order chi connectivity index (χ0) is 20.2. The van der Waals surface area contributed by atoms with Crippen LogP contribution in [0.1, 0.15) is 72.8 Å². The molecule has 2 aromatic rings. The Balaban J connectivity index is 0. The maximum atomic E-state index is 3.74. The zero-order valence-corrected chi connectivity index (χ0v) is 18.8. The molecule has 0 saturated carbocycles. The van der Waals surface area contributed by atoms with E-state index >= 15 is 0 Å². The maximum Gasteiger partial charge on any atom is -0.00147 e. The number of aryl methyl sites for hydroxylation is 1. The van der Waals surface area contributed by atoms with Crippen molar-refractivity contribution < 1.29 is 0 Å². The molecular formula is C25H40S. The molecule has 0 aliphatic rings. The van der Waals surface area contributed by atoms with E-state index in [0.717, 1.165) is 0 Å². The van der Waals surface area contributed by atoms with E-state index < -0.39 is 0 Å². The van der Waals surface area contributed by atoms with Crippen LogP contribution in [-0.4, -0.2) is 0 Å². The van der Waals surface area contributed by atoms with Crippen LogP contribution in [0.5, 0.6) is 0 Å². The third kappa shape index (κ3) is 14.7. The molecule has 0 aliphatic heterocycles. The highest BCUT2D eigenvalue weighted by Crippen LogP contribution is 2.23. The lowest BCUT2D eigenvalue weighted by Crippen LogP contribution is -1.85. The van der Waals surface area contributed by atoms with Crippen molar-refractivity contribution in [3.05, 3.63) is 71.5 Å². The van der Waals surface area contributed by atoms with Crippen LogP contribution in [0.25, 0.3) is 11.1 Å². The fourth-order valence-electron chi connectivity index (χ4n) is 2.14. The molecule has 0 N–H and O–H groups in total. The van der Waals surface area contributed by atoms with E-state index in [4.69, 9.17) is 0 Å². The van der Waals surface area contributed by atoms with Crippen molar-refractivity contribution in [1.29, 1.82) is 0 Å². The van der Waals surface area contributed by atoms with E-state index in [1.807, 2.05) is 20.8 Å². The van der Waals surface area contributed by atoms with Crippen LogP contribution in [0.3, 0.4) is 0 Å². The lowest BCUT2D eigenvalue weighted by Gasteiger charge is -2.03. The summed E-state index contributed by atoms with van der Waals surface area (Å²) in [5.74, 6) is 0. The number of allylic oxidation sites excluding steroid dienone is 2. The topological polar surface area (TPSA) is 0 Å². The largest absolute Gasteiger partial charge is 0.152 e. The average Bonchev–Trinajstić information content (AvgIpc) is 3.18. The Hall–Kier alpha value is -1.60. The molecule has 146 valence electrons. The van der Waals surface area contributed by atoms with Crippen molar-refractivity contribution >= 4 is 11.3 Å². The van der Waals surface area contributed by atoms with E-state index in [2.05, 4.69) is 75.0 Å². The number of rotatable bonds is 6. The number of unbranched alkanes of at least 4 members (excludes halogenated alkanes) is 1. The van der Waals surface area contributed by atoms with Gasteiger partial charge in [0.2, 0.25) is 0 Å². The molecule has 0 bridgehead atoms. The second-order valence-electron chi connectivity index (χ2n) is 5.93. The minimum Gasteiger partial charge on any atom is -0.152 e. The first kappa shape index (κ1) is 26.6. The van der Waals surface area contributed by atoms with Crippen LogP contribution in [0, 0.1) is 0 Å². The van der Waals surface area contributed by atoms with E-state index in [-0.39, 0.29) is 0 Å². The quantitative estimate of drug-likeness (QED) is 0.443. The van der Waals surface area contributed by atoms with Crippen LogP contribution < -0.4 is 0 Å².